The Morgan fingerprint density at radius 2 is 2.39 bits per heavy atom. The van der Waals surface area contributed by atoms with Crippen molar-refractivity contribution < 1.29 is 9.53 Å². The first-order valence-corrected chi connectivity index (χ1v) is 5.78. The maximum absolute atomic E-state index is 11.2. The number of hydrogen-bond donors (Lipinski definition) is 1. The molecule has 1 aromatic carbocycles. The van der Waals surface area contributed by atoms with Gasteiger partial charge in [-0.15, -0.1) is 0 Å². The molecule has 94 valence electrons. The van der Waals surface area contributed by atoms with Crippen molar-refractivity contribution in [2.45, 2.75) is 6.42 Å². The number of rotatable bonds is 3. The van der Waals surface area contributed by atoms with Crippen LogP contribution in [0, 0.1) is 17.2 Å². The van der Waals surface area contributed by atoms with Gasteiger partial charge in [-0.05, 0) is 18.6 Å². The normalized spacial score (nSPS) is 18.4. The Hall–Kier alpha value is -2.22. The third kappa shape index (κ3) is 2.23. The number of primary amides is 1. The van der Waals surface area contributed by atoms with Crippen molar-refractivity contribution in [3.8, 4) is 11.8 Å². The summed E-state index contributed by atoms with van der Waals surface area (Å²) in [6.45, 7) is 1.30. The van der Waals surface area contributed by atoms with E-state index in [1.807, 2.05) is 11.0 Å². The van der Waals surface area contributed by atoms with Gasteiger partial charge in [0.05, 0.1) is 24.3 Å². The predicted octanol–water partition coefficient (Wildman–Crippen LogP) is 0.878. The quantitative estimate of drug-likeness (QED) is 0.857. The van der Waals surface area contributed by atoms with E-state index in [9.17, 15) is 4.79 Å². The van der Waals surface area contributed by atoms with E-state index in [-0.39, 0.29) is 11.8 Å². The molecule has 0 saturated carbocycles. The zero-order chi connectivity index (χ0) is 13.1. The van der Waals surface area contributed by atoms with Gasteiger partial charge in [-0.25, -0.2) is 0 Å². The molecule has 1 saturated heterocycles. The first kappa shape index (κ1) is 12.2. The van der Waals surface area contributed by atoms with Crippen LogP contribution < -0.4 is 15.4 Å². The van der Waals surface area contributed by atoms with E-state index in [1.54, 1.807) is 19.2 Å². The van der Waals surface area contributed by atoms with Crippen LogP contribution in [0.3, 0.4) is 0 Å². The van der Waals surface area contributed by atoms with Crippen LogP contribution in [-0.2, 0) is 4.79 Å². The number of carbonyl (C=O) groups is 1. The molecule has 0 bridgehead atoms. The highest BCUT2D eigenvalue weighted by Crippen LogP contribution is 2.30. The Labute approximate surface area is 106 Å². The fraction of sp³-hybridized carbons (Fsp3) is 0.385. The third-order valence-electron chi connectivity index (χ3n) is 3.26. The van der Waals surface area contributed by atoms with E-state index >= 15 is 0 Å². The van der Waals surface area contributed by atoms with Crippen LogP contribution in [0.4, 0.5) is 5.69 Å². The standard InChI is InChI=1S/C13H15N3O2/c1-18-11-3-2-9(7-14)12(6-11)16-5-4-10(8-16)13(15)17/h2-3,6,10H,4-5,8H2,1H3,(H2,15,17). The highest BCUT2D eigenvalue weighted by molar-refractivity contribution is 5.78. The van der Waals surface area contributed by atoms with Crippen molar-refractivity contribution in [3.63, 3.8) is 0 Å². The second-order valence-corrected chi connectivity index (χ2v) is 4.33. The Balaban J connectivity index is 2.28. The average Bonchev–Trinajstić information content (AvgIpc) is 2.87. The fourth-order valence-corrected chi connectivity index (χ4v) is 2.21. The van der Waals surface area contributed by atoms with E-state index < -0.39 is 0 Å². The minimum absolute atomic E-state index is 0.136. The molecule has 1 heterocycles. The molecule has 18 heavy (non-hydrogen) atoms. The average molecular weight is 245 g/mol. The predicted molar refractivity (Wildman–Crippen MR) is 67.2 cm³/mol. The van der Waals surface area contributed by atoms with Gasteiger partial charge in [-0.1, -0.05) is 0 Å². The number of benzene rings is 1. The van der Waals surface area contributed by atoms with E-state index in [2.05, 4.69) is 6.07 Å². The molecule has 0 radical (unpaired) electrons. The summed E-state index contributed by atoms with van der Waals surface area (Å²) in [5.74, 6) is 0.285. The van der Waals surface area contributed by atoms with Crippen LogP contribution in [0.2, 0.25) is 0 Å². The Morgan fingerprint density at radius 1 is 1.61 bits per heavy atom. The molecule has 0 spiro atoms. The van der Waals surface area contributed by atoms with Crippen LogP contribution in [0.15, 0.2) is 18.2 Å². The molecule has 1 unspecified atom stereocenters. The molecule has 2 rings (SSSR count). The minimum Gasteiger partial charge on any atom is -0.497 e. The first-order valence-electron chi connectivity index (χ1n) is 5.78. The summed E-state index contributed by atoms with van der Waals surface area (Å²) >= 11 is 0. The van der Waals surface area contributed by atoms with Crippen molar-refractivity contribution in [2.24, 2.45) is 11.7 Å². The van der Waals surface area contributed by atoms with E-state index in [1.165, 1.54) is 0 Å². The Bertz CT molecular complexity index is 507. The minimum atomic E-state index is -0.279. The van der Waals surface area contributed by atoms with Crippen molar-refractivity contribution in [3.05, 3.63) is 23.8 Å². The van der Waals surface area contributed by atoms with Gasteiger partial charge < -0.3 is 15.4 Å². The SMILES string of the molecule is COc1ccc(C#N)c(N2CCC(C(N)=O)C2)c1. The van der Waals surface area contributed by atoms with E-state index in [0.29, 0.717) is 17.9 Å². The molecule has 1 aliphatic rings. The largest absolute Gasteiger partial charge is 0.497 e. The number of carbonyl (C=O) groups excluding carboxylic acids is 1. The molecule has 5 nitrogen and oxygen atoms in total. The molecule has 2 N–H and O–H groups in total. The van der Waals surface area contributed by atoms with Gasteiger partial charge in [0, 0.05) is 19.2 Å². The van der Waals surface area contributed by atoms with E-state index in [0.717, 1.165) is 18.7 Å². The van der Waals surface area contributed by atoms with Crippen molar-refractivity contribution >= 4 is 11.6 Å². The van der Waals surface area contributed by atoms with Crippen molar-refractivity contribution in [2.75, 3.05) is 25.1 Å². The lowest BCUT2D eigenvalue weighted by molar-refractivity contribution is -0.121. The number of anilines is 1. The number of nitriles is 1. The molecule has 1 atom stereocenters. The molecular weight excluding hydrogens is 230 g/mol. The molecule has 1 aromatic rings. The van der Waals surface area contributed by atoms with Gasteiger partial charge in [0.15, 0.2) is 0 Å². The van der Waals surface area contributed by atoms with Gasteiger partial charge in [0.1, 0.15) is 11.8 Å². The number of methoxy groups -OCH3 is 1. The monoisotopic (exact) mass is 245 g/mol. The van der Waals surface area contributed by atoms with Gasteiger partial charge in [0.2, 0.25) is 5.91 Å². The number of amides is 1. The van der Waals surface area contributed by atoms with Crippen LogP contribution in [0.1, 0.15) is 12.0 Å². The van der Waals surface area contributed by atoms with Gasteiger partial charge in [-0.3, -0.25) is 4.79 Å². The summed E-state index contributed by atoms with van der Waals surface area (Å²) in [5, 5.41) is 9.11. The lowest BCUT2D eigenvalue weighted by Crippen LogP contribution is -2.27. The molecule has 0 aromatic heterocycles. The number of ether oxygens (including phenoxy) is 1. The van der Waals surface area contributed by atoms with Crippen molar-refractivity contribution in [1.82, 2.24) is 0 Å². The van der Waals surface area contributed by atoms with Crippen LogP contribution in [0.25, 0.3) is 0 Å². The fourth-order valence-electron chi connectivity index (χ4n) is 2.21. The zero-order valence-electron chi connectivity index (χ0n) is 10.2. The molecule has 1 amide bonds. The van der Waals surface area contributed by atoms with Gasteiger partial charge in [-0.2, -0.15) is 5.26 Å². The molecule has 0 aliphatic carbocycles. The highest BCUT2D eigenvalue weighted by atomic mass is 16.5. The maximum atomic E-state index is 11.2. The summed E-state index contributed by atoms with van der Waals surface area (Å²) in [5.41, 5.74) is 6.70. The Kier molecular flexibility index (Phi) is 3.38. The zero-order valence-corrected chi connectivity index (χ0v) is 10.2. The van der Waals surface area contributed by atoms with Crippen molar-refractivity contribution in [1.29, 1.82) is 5.26 Å². The topological polar surface area (TPSA) is 79.3 Å². The van der Waals surface area contributed by atoms with Gasteiger partial charge >= 0.3 is 0 Å². The second-order valence-electron chi connectivity index (χ2n) is 4.33. The number of nitrogens with two attached hydrogens (primary N) is 1. The second kappa shape index (κ2) is 4.96. The van der Waals surface area contributed by atoms with Crippen LogP contribution in [-0.4, -0.2) is 26.1 Å². The van der Waals surface area contributed by atoms with Gasteiger partial charge in [0.25, 0.3) is 0 Å². The number of hydrogen-bond acceptors (Lipinski definition) is 4. The van der Waals surface area contributed by atoms with Crippen LogP contribution in [0.5, 0.6) is 5.75 Å². The third-order valence-corrected chi connectivity index (χ3v) is 3.26. The molecular formula is C13H15N3O2. The van der Waals surface area contributed by atoms with Crippen LogP contribution >= 0.6 is 0 Å². The molecule has 1 aliphatic heterocycles. The summed E-state index contributed by atoms with van der Waals surface area (Å²) in [7, 11) is 1.58. The summed E-state index contributed by atoms with van der Waals surface area (Å²) < 4.78 is 5.16. The van der Waals surface area contributed by atoms with E-state index in [4.69, 9.17) is 15.7 Å². The smallest absolute Gasteiger partial charge is 0.222 e. The highest BCUT2D eigenvalue weighted by Gasteiger charge is 2.28. The number of nitrogens with zero attached hydrogens (tertiary/aromatic N) is 2. The first-order chi connectivity index (χ1) is 8.65. The summed E-state index contributed by atoms with van der Waals surface area (Å²) in [4.78, 5) is 13.2. The lowest BCUT2D eigenvalue weighted by atomic mass is 10.1. The summed E-state index contributed by atoms with van der Waals surface area (Å²) in [6.07, 6.45) is 0.734. The molecule has 1 fully saturated rings. The molecule has 5 heteroatoms. The Morgan fingerprint density at radius 3 is 2.94 bits per heavy atom. The summed E-state index contributed by atoms with van der Waals surface area (Å²) in [6, 6.07) is 7.46. The maximum Gasteiger partial charge on any atom is 0.222 e. The lowest BCUT2D eigenvalue weighted by Gasteiger charge is -2.20.